The van der Waals surface area contributed by atoms with Crippen molar-refractivity contribution in [2.75, 3.05) is 47.5 Å². The lowest BCUT2D eigenvalue weighted by atomic mass is 10.4. The lowest BCUT2D eigenvalue weighted by molar-refractivity contribution is -0.870. The van der Waals surface area contributed by atoms with Crippen LogP contribution in [0.2, 0.25) is 0 Å². The molecule has 130 valence electrons. The van der Waals surface area contributed by atoms with Crippen LogP contribution in [0, 0.1) is 0 Å². The zero-order valence-corrected chi connectivity index (χ0v) is 14.5. The highest BCUT2D eigenvalue weighted by atomic mass is 31.2. The highest BCUT2D eigenvalue weighted by Gasteiger charge is 2.19. The molecule has 1 unspecified atom stereocenters. The molecular formula is C12H24NO8P. The fourth-order valence-electron chi connectivity index (χ4n) is 1.20. The summed E-state index contributed by atoms with van der Waals surface area (Å²) in [7, 11) is 1.14. The zero-order chi connectivity index (χ0) is 17.4. The quantitative estimate of drug-likeness (QED) is 0.302. The van der Waals surface area contributed by atoms with E-state index in [0.717, 1.165) is 6.92 Å². The maximum atomic E-state index is 11.6. The average Bonchev–Trinajstić information content (AvgIpc) is 2.30. The number of esters is 2. The molecule has 0 saturated carbocycles. The highest BCUT2D eigenvalue weighted by Crippen LogP contribution is 2.38. The van der Waals surface area contributed by atoms with Gasteiger partial charge < -0.3 is 27.9 Å². The minimum atomic E-state index is -4.52. The summed E-state index contributed by atoms with van der Waals surface area (Å²) in [6, 6.07) is 0. The first kappa shape index (κ1) is 21.0. The molecule has 0 spiro atoms. The molecule has 0 aliphatic carbocycles. The smallest absolute Gasteiger partial charge is 0.303 e. The number of hydrogen-bond acceptors (Lipinski definition) is 8. The fraction of sp³-hybridized carbons (Fsp3) is 0.833. The monoisotopic (exact) mass is 341 g/mol. The Hall–Kier alpha value is -0.990. The van der Waals surface area contributed by atoms with Crippen LogP contribution in [0.3, 0.4) is 0 Å². The van der Waals surface area contributed by atoms with Gasteiger partial charge in [0.15, 0.2) is 6.10 Å². The molecule has 10 heteroatoms. The maximum absolute atomic E-state index is 11.6. The molecule has 0 aliphatic rings. The Bertz CT molecular complexity index is 420. The van der Waals surface area contributed by atoms with E-state index in [-0.39, 0.29) is 13.2 Å². The summed E-state index contributed by atoms with van der Waals surface area (Å²) in [4.78, 5) is 33.2. The van der Waals surface area contributed by atoms with Gasteiger partial charge >= 0.3 is 11.9 Å². The molecule has 0 saturated heterocycles. The summed E-state index contributed by atoms with van der Waals surface area (Å²) >= 11 is 0. The number of carbonyl (C=O) groups excluding carboxylic acids is 2. The lowest BCUT2D eigenvalue weighted by Crippen LogP contribution is -2.37. The van der Waals surface area contributed by atoms with Crippen LogP contribution in [0.1, 0.15) is 13.8 Å². The first-order valence-electron chi connectivity index (χ1n) is 6.62. The molecule has 0 heterocycles. The van der Waals surface area contributed by atoms with Gasteiger partial charge in [-0.05, 0) is 0 Å². The minimum absolute atomic E-state index is 0.0353. The molecule has 0 aromatic carbocycles. The van der Waals surface area contributed by atoms with Crippen LogP contribution >= 0.6 is 7.82 Å². The molecule has 0 N–H and O–H groups in total. The number of phosphoric acid groups is 1. The van der Waals surface area contributed by atoms with Crippen LogP contribution < -0.4 is 4.89 Å². The molecule has 0 radical (unpaired) electrons. The number of carbonyl (C=O) groups is 2. The van der Waals surface area contributed by atoms with Gasteiger partial charge in [-0.15, -0.1) is 0 Å². The van der Waals surface area contributed by atoms with Gasteiger partial charge in [-0.2, -0.15) is 0 Å². The zero-order valence-electron chi connectivity index (χ0n) is 13.6. The Morgan fingerprint density at radius 2 is 1.68 bits per heavy atom. The fourth-order valence-corrected chi connectivity index (χ4v) is 1.93. The predicted octanol–water partition coefficient (Wildman–Crippen LogP) is -0.311. The third kappa shape index (κ3) is 12.7. The summed E-state index contributed by atoms with van der Waals surface area (Å²) < 4.78 is 30.9. The number of ether oxygens (including phenoxy) is 2. The molecular weight excluding hydrogens is 317 g/mol. The second-order valence-electron chi connectivity index (χ2n) is 5.62. The molecule has 0 rings (SSSR count). The Labute approximate surface area is 130 Å². The average molecular weight is 341 g/mol. The van der Waals surface area contributed by atoms with Gasteiger partial charge in [0.1, 0.15) is 19.8 Å². The molecule has 0 aromatic heterocycles. The molecule has 0 amide bonds. The molecule has 0 fully saturated rings. The topological polar surface area (TPSA) is 111 Å². The second kappa shape index (κ2) is 9.22. The summed E-state index contributed by atoms with van der Waals surface area (Å²) in [6.07, 6.45) is -1.02. The van der Waals surface area contributed by atoms with Crippen LogP contribution in [0.15, 0.2) is 0 Å². The van der Waals surface area contributed by atoms with E-state index in [1.165, 1.54) is 6.92 Å². The minimum Gasteiger partial charge on any atom is -0.756 e. The Morgan fingerprint density at radius 3 is 2.14 bits per heavy atom. The number of nitrogens with zero attached hydrogens (tertiary/aromatic N) is 1. The van der Waals surface area contributed by atoms with E-state index in [1.54, 1.807) is 0 Å². The van der Waals surface area contributed by atoms with Crippen molar-refractivity contribution < 1.29 is 42.1 Å². The van der Waals surface area contributed by atoms with Crippen molar-refractivity contribution in [3.8, 4) is 0 Å². The Balaban J connectivity index is 4.32. The van der Waals surface area contributed by atoms with Crippen molar-refractivity contribution in [2.24, 2.45) is 0 Å². The number of likely N-dealkylation sites (N-methyl/N-ethyl adjacent to an activating group) is 1. The standard InChI is InChI=1S/C12H24NO8P/c1-10(14)18-8-12(21-11(2)15)9-20-22(16,17)19-7-6-13(3,4)5/h12H,6-9H2,1-5H3/t12-/m1/s1. The normalized spacial score (nSPS) is 15.7. The van der Waals surface area contributed by atoms with Crippen molar-refractivity contribution in [1.82, 2.24) is 0 Å². The highest BCUT2D eigenvalue weighted by molar-refractivity contribution is 7.45. The van der Waals surface area contributed by atoms with E-state index in [1.807, 2.05) is 21.1 Å². The van der Waals surface area contributed by atoms with Gasteiger partial charge in [0, 0.05) is 13.8 Å². The largest absolute Gasteiger partial charge is 0.756 e. The van der Waals surface area contributed by atoms with Gasteiger partial charge in [0.05, 0.1) is 27.7 Å². The first-order chi connectivity index (χ1) is 9.91. The van der Waals surface area contributed by atoms with Crippen molar-refractivity contribution in [3.05, 3.63) is 0 Å². The molecule has 0 bridgehead atoms. The molecule has 0 aromatic rings. The van der Waals surface area contributed by atoms with Gasteiger partial charge in [-0.1, -0.05) is 0 Å². The van der Waals surface area contributed by atoms with E-state index in [9.17, 15) is 19.0 Å². The van der Waals surface area contributed by atoms with Crippen LogP contribution in [-0.2, 0) is 32.7 Å². The summed E-state index contributed by atoms with van der Waals surface area (Å²) in [5.41, 5.74) is 0. The maximum Gasteiger partial charge on any atom is 0.303 e. The molecule has 0 aliphatic heterocycles. The van der Waals surface area contributed by atoms with Crippen LogP contribution in [0.4, 0.5) is 0 Å². The number of phosphoric ester groups is 1. The third-order valence-electron chi connectivity index (χ3n) is 2.24. The van der Waals surface area contributed by atoms with Crippen molar-refractivity contribution in [3.63, 3.8) is 0 Å². The number of quaternary nitrogens is 1. The van der Waals surface area contributed by atoms with Crippen LogP contribution in [0.25, 0.3) is 0 Å². The van der Waals surface area contributed by atoms with Gasteiger partial charge in [0.2, 0.25) is 0 Å². The lowest BCUT2D eigenvalue weighted by Gasteiger charge is -2.28. The van der Waals surface area contributed by atoms with E-state index < -0.39 is 32.5 Å². The SMILES string of the molecule is CC(=O)OC[C@H](COP(=O)([O-])OCC[N+](C)(C)C)OC(C)=O. The molecule has 2 atom stereocenters. The summed E-state index contributed by atoms with van der Waals surface area (Å²) in [5, 5.41) is 0. The Morgan fingerprint density at radius 1 is 1.09 bits per heavy atom. The second-order valence-corrected chi connectivity index (χ2v) is 7.03. The number of rotatable bonds is 10. The van der Waals surface area contributed by atoms with E-state index in [2.05, 4.69) is 9.26 Å². The summed E-state index contributed by atoms with van der Waals surface area (Å²) in [6.45, 7) is 1.97. The van der Waals surface area contributed by atoms with E-state index >= 15 is 0 Å². The van der Waals surface area contributed by atoms with Crippen LogP contribution in [-0.4, -0.2) is 70.0 Å². The Kier molecular flexibility index (Phi) is 8.80. The van der Waals surface area contributed by atoms with Gasteiger partial charge in [0.25, 0.3) is 7.82 Å². The predicted molar refractivity (Wildman–Crippen MR) is 74.6 cm³/mol. The van der Waals surface area contributed by atoms with Crippen molar-refractivity contribution in [2.45, 2.75) is 20.0 Å². The summed E-state index contributed by atoms with van der Waals surface area (Å²) in [5.74, 6) is -1.23. The van der Waals surface area contributed by atoms with Crippen LogP contribution in [0.5, 0.6) is 0 Å². The molecule has 22 heavy (non-hydrogen) atoms. The number of hydrogen-bond donors (Lipinski definition) is 0. The first-order valence-corrected chi connectivity index (χ1v) is 8.08. The molecule has 9 nitrogen and oxygen atoms in total. The van der Waals surface area contributed by atoms with E-state index in [0.29, 0.717) is 11.0 Å². The van der Waals surface area contributed by atoms with Gasteiger partial charge in [-0.25, -0.2) is 0 Å². The van der Waals surface area contributed by atoms with Gasteiger partial charge in [-0.3, -0.25) is 14.2 Å². The third-order valence-corrected chi connectivity index (χ3v) is 3.20. The van der Waals surface area contributed by atoms with E-state index in [4.69, 9.17) is 9.26 Å². The van der Waals surface area contributed by atoms with Crippen molar-refractivity contribution in [1.29, 1.82) is 0 Å². The van der Waals surface area contributed by atoms with Crippen molar-refractivity contribution >= 4 is 19.8 Å².